The van der Waals surface area contributed by atoms with Gasteiger partial charge in [0.05, 0.1) is 28.9 Å². The van der Waals surface area contributed by atoms with Crippen LogP contribution in [0.1, 0.15) is 31.7 Å². The third kappa shape index (κ3) is 4.29. The fraction of sp³-hybridized carbons (Fsp3) is 0.474. The topological polar surface area (TPSA) is 60.5 Å². The molecule has 134 valence electrons. The molecule has 2 unspecified atom stereocenters. The van der Waals surface area contributed by atoms with Gasteiger partial charge in [0, 0.05) is 18.2 Å². The number of fused-ring (bicyclic) bond motifs is 1. The van der Waals surface area contributed by atoms with Gasteiger partial charge in [0.25, 0.3) is 5.91 Å². The number of anilines is 1. The zero-order valence-corrected chi connectivity index (χ0v) is 15.3. The first-order chi connectivity index (χ1) is 12.1. The first-order valence-electron chi connectivity index (χ1n) is 8.64. The molecule has 1 fully saturated rings. The van der Waals surface area contributed by atoms with Gasteiger partial charge in [-0.2, -0.15) is 0 Å². The second-order valence-corrected chi connectivity index (χ2v) is 6.81. The van der Waals surface area contributed by atoms with Crippen molar-refractivity contribution < 1.29 is 14.3 Å². The molecule has 1 saturated heterocycles. The van der Waals surface area contributed by atoms with E-state index >= 15 is 0 Å². The van der Waals surface area contributed by atoms with E-state index in [0.29, 0.717) is 17.3 Å². The van der Waals surface area contributed by atoms with E-state index in [2.05, 4.69) is 10.3 Å². The standard InChI is InChI=1S/C19H23ClN2O3/c1-12-10-16(20)18(15-7-5-8-21-17(12)15)22-19(23)13(2)25-11-14-6-3-4-9-24-14/h5,7-8,10,13-14H,3-4,6,9,11H2,1-2H3,(H,22,23). The van der Waals surface area contributed by atoms with E-state index in [4.69, 9.17) is 21.1 Å². The van der Waals surface area contributed by atoms with Crippen molar-refractivity contribution in [3.63, 3.8) is 0 Å². The van der Waals surface area contributed by atoms with E-state index in [-0.39, 0.29) is 12.0 Å². The summed E-state index contributed by atoms with van der Waals surface area (Å²) in [5, 5.41) is 4.21. The van der Waals surface area contributed by atoms with Gasteiger partial charge in [-0.15, -0.1) is 0 Å². The van der Waals surface area contributed by atoms with Crippen molar-refractivity contribution in [2.45, 2.75) is 45.3 Å². The maximum atomic E-state index is 12.5. The number of pyridine rings is 1. The summed E-state index contributed by atoms with van der Waals surface area (Å²) in [7, 11) is 0. The van der Waals surface area contributed by atoms with Crippen molar-refractivity contribution in [2.24, 2.45) is 0 Å². The molecule has 0 aliphatic carbocycles. The molecule has 2 aromatic rings. The number of carbonyl (C=O) groups excluding carboxylic acids is 1. The second-order valence-electron chi connectivity index (χ2n) is 6.40. The molecule has 1 N–H and O–H groups in total. The number of carbonyl (C=O) groups is 1. The van der Waals surface area contributed by atoms with Gasteiger partial charge < -0.3 is 14.8 Å². The monoisotopic (exact) mass is 362 g/mol. The SMILES string of the molecule is Cc1cc(Cl)c(NC(=O)C(C)OCC2CCCCO2)c2cccnc12. The Hall–Kier alpha value is -1.69. The summed E-state index contributed by atoms with van der Waals surface area (Å²) in [5.41, 5.74) is 2.37. The Balaban J connectivity index is 1.69. The molecule has 1 aliphatic rings. The van der Waals surface area contributed by atoms with Gasteiger partial charge >= 0.3 is 0 Å². The molecule has 0 spiro atoms. The smallest absolute Gasteiger partial charge is 0.253 e. The number of aromatic nitrogens is 1. The van der Waals surface area contributed by atoms with Crippen LogP contribution in [0.3, 0.4) is 0 Å². The lowest BCUT2D eigenvalue weighted by molar-refractivity contribution is -0.130. The summed E-state index contributed by atoms with van der Waals surface area (Å²) in [4.78, 5) is 16.9. The van der Waals surface area contributed by atoms with Crippen LogP contribution in [0.4, 0.5) is 5.69 Å². The highest BCUT2D eigenvalue weighted by atomic mass is 35.5. The fourth-order valence-electron chi connectivity index (χ4n) is 3.00. The fourth-order valence-corrected chi connectivity index (χ4v) is 3.31. The highest BCUT2D eigenvalue weighted by molar-refractivity contribution is 6.35. The molecule has 2 atom stereocenters. The Bertz CT molecular complexity index is 760. The first-order valence-corrected chi connectivity index (χ1v) is 9.02. The van der Waals surface area contributed by atoms with Crippen LogP contribution >= 0.6 is 11.6 Å². The predicted octanol–water partition coefficient (Wildman–Crippen LogP) is 4.11. The van der Waals surface area contributed by atoms with Crippen molar-refractivity contribution >= 4 is 34.1 Å². The average molecular weight is 363 g/mol. The van der Waals surface area contributed by atoms with Crippen LogP contribution < -0.4 is 5.32 Å². The van der Waals surface area contributed by atoms with Crippen molar-refractivity contribution in [2.75, 3.05) is 18.5 Å². The van der Waals surface area contributed by atoms with E-state index in [1.807, 2.05) is 25.1 Å². The minimum absolute atomic E-state index is 0.0805. The molecule has 6 heteroatoms. The molecule has 0 bridgehead atoms. The molecular formula is C19H23ClN2O3. The molecule has 1 aromatic heterocycles. The van der Waals surface area contributed by atoms with Crippen LogP contribution in [0.15, 0.2) is 24.4 Å². The molecular weight excluding hydrogens is 340 g/mol. The minimum Gasteiger partial charge on any atom is -0.376 e. The summed E-state index contributed by atoms with van der Waals surface area (Å²) in [6.45, 7) is 4.88. The number of ether oxygens (including phenoxy) is 2. The number of hydrogen-bond donors (Lipinski definition) is 1. The van der Waals surface area contributed by atoms with E-state index in [1.165, 1.54) is 0 Å². The van der Waals surface area contributed by atoms with Crippen LogP contribution in [0.25, 0.3) is 10.9 Å². The first kappa shape index (κ1) is 18.1. The van der Waals surface area contributed by atoms with Crippen LogP contribution in [0.5, 0.6) is 0 Å². The van der Waals surface area contributed by atoms with E-state index in [0.717, 1.165) is 42.3 Å². The number of halogens is 1. The van der Waals surface area contributed by atoms with Crippen LogP contribution in [0.2, 0.25) is 5.02 Å². The molecule has 5 nitrogen and oxygen atoms in total. The van der Waals surface area contributed by atoms with E-state index in [9.17, 15) is 4.79 Å². The Labute approximate surface area is 152 Å². The summed E-state index contributed by atoms with van der Waals surface area (Å²) in [5.74, 6) is -0.230. The molecule has 1 aliphatic heterocycles. The van der Waals surface area contributed by atoms with E-state index in [1.54, 1.807) is 13.1 Å². The lowest BCUT2D eigenvalue weighted by Crippen LogP contribution is -2.32. The largest absolute Gasteiger partial charge is 0.376 e. The van der Waals surface area contributed by atoms with Crippen molar-refractivity contribution in [3.8, 4) is 0 Å². The molecule has 2 heterocycles. The van der Waals surface area contributed by atoms with Gasteiger partial charge in [-0.05, 0) is 56.9 Å². The average Bonchev–Trinajstić information content (AvgIpc) is 2.63. The summed E-state index contributed by atoms with van der Waals surface area (Å²) in [6.07, 6.45) is 4.44. The zero-order chi connectivity index (χ0) is 17.8. The highest BCUT2D eigenvalue weighted by Crippen LogP contribution is 2.32. The predicted molar refractivity (Wildman–Crippen MR) is 99.1 cm³/mol. The quantitative estimate of drug-likeness (QED) is 0.869. The van der Waals surface area contributed by atoms with Crippen LogP contribution in [-0.4, -0.2) is 36.3 Å². The van der Waals surface area contributed by atoms with Gasteiger partial charge in [-0.3, -0.25) is 9.78 Å². The van der Waals surface area contributed by atoms with E-state index < -0.39 is 6.10 Å². The number of aryl methyl sites for hydroxylation is 1. The third-order valence-electron chi connectivity index (χ3n) is 4.46. The zero-order valence-electron chi connectivity index (χ0n) is 14.5. The number of benzene rings is 1. The Morgan fingerprint density at radius 1 is 1.52 bits per heavy atom. The number of hydrogen-bond acceptors (Lipinski definition) is 4. The maximum Gasteiger partial charge on any atom is 0.253 e. The van der Waals surface area contributed by atoms with Gasteiger partial charge in [0.1, 0.15) is 6.10 Å². The normalized spacial score (nSPS) is 18.9. The maximum absolute atomic E-state index is 12.5. The Morgan fingerprint density at radius 2 is 2.36 bits per heavy atom. The van der Waals surface area contributed by atoms with Crippen LogP contribution in [0, 0.1) is 6.92 Å². The molecule has 0 radical (unpaired) electrons. The Morgan fingerprint density at radius 3 is 3.12 bits per heavy atom. The molecule has 3 rings (SSSR count). The van der Waals surface area contributed by atoms with Gasteiger partial charge in [0.2, 0.25) is 0 Å². The molecule has 0 saturated carbocycles. The van der Waals surface area contributed by atoms with Gasteiger partial charge in [-0.1, -0.05) is 11.6 Å². The minimum atomic E-state index is -0.588. The number of nitrogens with zero attached hydrogens (tertiary/aromatic N) is 1. The van der Waals surface area contributed by atoms with Gasteiger partial charge in [0.15, 0.2) is 0 Å². The Kier molecular flexibility index (Phi) is 5.89. The molecule has 1 aromatic carbocycles. The van der Waals surface area contributed by atoms with Gasteiger partial charge in [-0.25, -0.2) is 0 Å². The molecule has 25 heavy (non-hydrogen) atoms. The van der Waals surface area contributed by atoms with Crippen molar-refractivity contribution in [1.82, 2.24) is 4.98 Å². The molecule has 1 amide bonds. The highest BCUT2D eigenvalue weighted by Gasteiger charge is 2.20. The number of amides is 1. The third-order valence-corrected chi connectivity index (χ3v) is 4.75. The van der Waals surface area contributed by atoms with Crippen LogP contribution in [-0.2, 0) is 14.3 Å². The summed E-state index contributed by atoms with van der Waals surface area (Å²) in [6, 6.07) is 5.54. The second kappa shape index (κ2) is 8.13. The lowest BCUT2D eigenvalue weighted by atomic mass is 10.1. The summed E-state index contributed by atoms with van der Waals surface area (Å²) < 4.78 is 11.3. The lowest BCUT2D eigenvalue weighted by Gasteiger charge is -2.24. The number of rotatable bonds is 5. The summed E-state index contributed by atoms with van der Waals surface area (Å²) >= 11 is 6.35. The number of nitrogens with one attached hydrogen (secondary N) is 1. The van der Waals surface area contributed by atoms with Crippen molar-refractivity contribution in [1.29, 1.82) is 0 Å². The van der Waals surface area contributed by atoms with Crippen molar-refractivity contribution in [3.05, 3.63) is 35.0 Å².